The third-order valence-electron chi connectivity index (χ3n) is 17.0. The van der Waals surface area contributed by atoms with Crippen molar-refractivity contribution in [2.75, 3.05) is 90.0 Å². The van der Waals surface area contributed by atoms with E-state index in [1.54, 1.807) is 33.4 Å². The zero-order valence-corrected chi connectivity index (χ0v) is 50.6. The van der Waals surface area contributed by atoms with Crippen molar-refractivity contribution in [1.29, 1.82) is 0 Å². The second-order valence-electron chi connectivity index (χ2n) is 24.1. The quantitative estimate of drug-likeness (QED) is 0.0784. The van der Waals surface area contributed by atoms with Gasteiger partial charge in [0, 0.05) is 96.3 Å². The molecule has 0 unspecified atom stereocenters. The highest BCUT2D eigenvalue weighted by Gasteiger charge is 2.49. The Labute approximate surface area is 499 Å². The lowest BCUT2D eigenvalue weighted by Gasteiger charge is -2.48. The van der Waals surface area contributed by atoms with Gasteiger partial charge >= 0.3 is 6.01 Å². The van der Waals surface area contributed by atoms with Crippen molar-refractivity contribution in [2.45, 2.75) is 98.1 Å². The molecule has 4 amide bonds. The fourth-order valence-corrected chi connectivity index (χ4v) is 13.8. The van der Waals surface area contributed by atoms with Gasteiger partial charge in [-0.3, -0.25) is 29.1 Å². The van der Waals surface area contributed by atoms with Crippen LogP contribution in [0.4, 0.5) is 10.2 Å². The van der Waals surface area contributed by atoms with Crippen molar-refractivity contribution in [3.05, 3.63) is 107 Å². The monoisotopic (exact) mass is 1190 g/mol. The molecule has 10 rings (SSSR count). The van der Waals surface area contributed by atoms with E-state index < -0.39 is 29.4 Å². The standard InChI is InChI=1S/C63H77ClFN11O7S/c1-9-53(80)72-24-26-73(27-25-72)59-50-33-51(64)54(49-31-46(78)30-45-12-10-11-13-48(45)49)55(65)56(50)68-62(69-59)83-38(2)34-70-20-18-42(19-21-70)35-71-22-28-74(29-23-71)76(41(5)77)58(63(6,7)8)61(82)75-36-47(79)32-52(75)60(81)67-39(3)43-14-16-44(17-15-43)57-40(4)66-37-84-57/h9-17,30-31,33,37-39,42,47,52,58,78-79H,1,18-29,32,34-36H2,2-8H3,(H,67,81)/t38-,39+,47-,52+,58-/m1/s1. The number of piperidine rings is 1. The topological polar surface area (TPSA) is 191 Å². The van der Waals surface area contributed by atoms with Crippen LogP contribution in [0.3, 0.4) is 0 Å². The molecule has 84 heavy (non-hydrogen) atoms. The van der Waals surface area contributed by atoms with Gasteiger partial charge in [-0.25, -0.2) is 14.4 Å². The Hall–Kier alpha value is -6.81. The van der Waals surface area contributed by atoms with E-state index in [0.717, 1.165) is 59.6 Å². The van der Waals surface area contributed by atoms with Crippen molar-refractivity contribution in [2.24, 2.45) is 11.3 Å². The van der Waals surface area contributed by atoms with Crippen LogP contribution in [-0.2, 0) is 19.2 Å². The van der Waals surface area contributed by atoms with Crippen LogP contribution in [0, 0.1) is 24.1 Å². The predicted molar refractivity (Wildman–Crippen MR) is 326 cm³/mol. The number of thiazole rings is 1. The molecular formula is C63H77ClFN11O7S. The number of ether oxygens (including phenoxy) is 1. The summed E-state index contributed by atoms with van der Waals surface area (Å²) in [7, 11) is 0. The minimum Gasteiger partial charge on any atom is -0.508 e. The number of likely N-dealkylation sites (tertiary alicyclic amines) is 2. The summed E-state index contributed by atoms with van der Waals surface area (Å²) in [5.41, 5.74) is 4.59. The molecule has 4 saturated heterocycles. The van der Waals surface area contributed by atoms with Crippen LogP contribution in [0.1, 0.15) is 78.1 Å². The van der Waals surface area contributed by atoms with Gasteiger partial charge in [0.05, 0.1) is 33.3 Å². The highest BCUT2D eigenvalue weighted by Crippen LogP contribution is 2.43. The fourth-order valence-electron chi connectivity index (χ4n) is 12.6. The number of carbonyl (C=O) groups excluding carboxylic acids is 4. The van der Waals surface area contributed by atoms with E-state index >= 15 is 4.39 Å². The molecule has 4 aliphatic rings. The van der Waals surface area contributed by atoms with Gasteiger partial charge in [-0.2, -0.15) is 9.97 Å². The van der Waals surface area contributed by atoms with E-state index in [4.69, 9.17) is 26.3 Å². The number of amides is 4. The van der Waals surface area contributed by atoms with Crippen molar-refractivity contribution >= 4 is 74.1 Å². The summed E-state index contributed by atoms with van der Waals surface area (Å²) in [5.74, 6) is -0.940. The molecule has 21 heteroatoms. The number of anilines is 1. The number of hydrogen-bond acceptors (Lipinski definition) is 15. The number of phenols is 1. The molecular weight excluding hydrogens is 1110 g/mol. The van der Waals surface area contributed by atoms with Gasteiger partial charge in [-0.1, -0.05) is 87.5 Å². The van der Waals surface area contributed by atoms with Crippen LogP contribution in [0.15, 0.2) is 84.9 Å². The molecule has 3 N–H and O–H groups in total. The SMILES string of the molecule is C=CC(=O)N1CCN(c2nc(O[C@H](C)CN3CCC(CN4CCN(N(C(C)=O)[C@H](C(=O)N5C[C@H](O)C[C@H]5C(=O)N[C@@H](C)c5ccc(-c6scnc6C)cc5)C(C)(C)C)CC4)CC3)nc3c(F)c(-c4cc(O)cc5ccccc45)c(Cl)cc23)CC1. The van der Waals surface area contributed by atoms with Crippen LogP contribution < -0.4 is 15.0 Å². The van der Waals surface area contributed by atoms with E-state index in [-0.39, 0.29) is 76.6 Å². The summed E-state index contributed by atoms with van der Waals surface area (Å²) in [6.45, 7) is 24.1. The van der Waals surface area contributed by atoms with E-state index in [2.05, 4.69) is 26.7 Å². The lowest BCUT2D eigenvalue weighted by Crippen LogP contribution is -2.65. The number of carbonyl (C=O) groups is 4. The summed E-state index contributed by atoms with van der Waals surface area (Å²) in [5, 5.41) is 30.4. The van der Waals surface area contributed by atoms with Gasteiger partial charge in [0.1, 0.15) is 35.3 Å². The number of aryl methyl sites for hydroxylation is 1. The van der Waals surface area contributed by atoms with Gasteiger partial charge in [-0.15, -0.1) is 11.3 Å². The number of benzene rings is 4. The van der Waals surface area contributed by atoms with Crippen LogP contribution in [0.2, 0.25) is 5.02 Å². The first kappa shape index (κ1) is 60.3. The summed E-state index contributed by atoms with van der Waals surface area (Å²) in [4.78, 5) is 80.3. The zero-order chi connectivity index (χ0) is 59.7. The number of β-amino-alcohol motifs (C(OH)–C–C–N with tert-alkyl or cyclic N) is 1. The molecule has 0 spiro atoms. The van der Waals surface area contributed by atoms with E-state index in [9.17, 15) is 29.4 Å². The Morgan fingerprint density at radius 2 is 1.63 bits per heavy atom. The average molecular weight is 1190 g/mol. The molecule has 4 aliphatic heterocycles. The molecule has 5 atom stereocenters. The van der Waals surface area contributed by atoms with Gasteiger partial charge in [0.2, 0.25) is 23.6 Å². The Morgan fingerprint density at radius 3 is 2.29 bits per heavy atom. The molecule has 6 aromatic rings. The van der Waals surface area contributed by atoms with Crippen LogP contribution >= 0.6 is 22.9 Å². The number of nitrogens with one attached hydrogen (secondary N) is 1. The third kappa shape index (κ3) is 13.0. The Morgan fingerprint density at radius 1 is 0.929 bits per heavy atom. The summed E-state index contributed by atoms with van der Waals surface area (Å²) in [6.07, 6.45) is 2.08. The minimum atomic E-state index is -0.922. The molecule has 0 aliphatic carbocycles. The minimum absolute atomic E-state index is 0.00896. The smallest absolute Gasteiger partial charge is 0.319 e. The number of aliphatic hydroxyl groups excluding tert-OH is 1. The molecule has 446 valence electrons. The second kappa shape index (κ2) is 25.4. The first-order valence-corrected chi connectivity index (χ1v) is 30.4. The predicted octanol–water partition coefficient (Wildman–Crippen LogP) is 8.33. The Kier molecular flexibility index (Phi) is 18.2. The number of halogens is 2. The lowest BCUT2D eigenvalue weighted by molar-refractivity contribution is -0.176. The largest absolute Gasteiger partial charge is 0.508 e. The van der Waals surface area contributed by atoms with E-state index in [0.29, 0.717) is 87.0 Å². The highest BCUT2D eigenvalue weighted by atomic mass is 35.5. The van der Waals surface area contributed by atoms with Gasteiger partial charge in [0.25, 0.3) is 0 Å². The summed E-state index contributed by atoms with van der Waals surface area (Å²) < 4.78 is 23.8. The number of phenolic OH excluding ortho intramolecular Hbond substituents is 1. The first-order chi connectivity index (χ1) is 40.1. The van der Waals surface area contributed by atoms with Gasteiger partial charge in [-0.05, 0) is 110 Å². The number of hydrazine groups is 1. The lowest BCUT2D eigenvalue weighted by atomic mass is 9.85. The molecule has 2 aromatic heterocycles. The molecule has 4 fully saturated rings. The van der Waals surface area contributed by atoms with Crippen LogP contribution in [0.5, 0.6) is 11.8 Å². The van der Waals surface area contributed by atoms with Crippen LogP contribution in [0.25, 0.3) is 43.2 Å². The maximum Gasteiger partial charge on any atom is 0.319 e. The average Bonchev–Trinajstić information content (AvgIpc) is 1.16. The van der Waals surface area contributed by atoms with Gasteiger partial charge < -0.3 is 39.9 Å². The molecule has 0 radical (unpaired) electrons. The fraction of sp³-hybridized carbons (Fsp3) is 0.476. The molecule has 0 saturated carbocycles. The molecule has 4 aromatic carbocycles. The first-order valence-electron chi connectivity index (χ1n) is 29.2. The Bertz CT molecular complexity index is 3410. The van der Waals surface area contributed by atoms with Crippen molar-refractivity contribution in [1.82, 2.24) is 49.9 Å². The number of rotatable bonds is 16. The van der Waals surface area contributed by atoms with Crippen molar-refractivity contribution in [3.63, 3.8) is 0 Å². The summed E-state index contributed by atoms with van der Waals surface area (Å²) in [6, 6.07) is 18.0. The van der Waals surface area contributed by atoms with Crippen LogP contribution in [-0.4, -0.2) is 188 Å². The second-order valence-corrected chi connectivity index (χ2v) is 25.3. The number of aliphatic hydroxyl groups is 1. The maximum absolute atomic E-state index is 17.3. The van der Waals surface area contributed by atoms with E-state index in [1.165, 1.54) is 24.0 Å². The van der Waals surface area contributed by atoms with Crippen molar-refractivity contribution < 1.29 is 38.5 Å². The van der Waals surface area contributed by atoms with Gasteiger partial charge in [0.15, 0.2) is 5.82 Å². The maximum atomic E-state index is 17.3. The summed E-state index contributed by atoms with van der Waals surface area (Å²) >= 11 is 8.55. The number of nitrogens with zero attached hydrogens (tertiary/aromatic N) is 10. The number of aromatic hydroxyl groups is 1. The van der Waals surface area contributed by atoms with E-state index in [1.807, 2.05) is 105 Å². The number of aromatic nitrogens is 3. The number of fused-ring (bicyclic) bond motifs is 2. The zero-order valence-electron chi connectivity index (χ0n) is 49.1. The molecule has 18 nitrogen and oxygen atoms in total. The Balaban J connectivity index is 0.756. The van der Waals surface area contributed by atoms with Crippen molar-refractivity contribution in [3.8, 4) is 33.3 Å². The third-order valence-corrected chi connectivity index (χ3v) is 18.3. The highest BCUT2D eigenvalue weighted by molar-refractivity contribution is 7.13. The normalized spacial score (nSPS) is 19.8. The molecule has 0 bridgehead atoms. The number of hydrogen-bond donors (Lipinski definition) is 3. The number of piperazine rings is 2. The molecule has 6 heterocycles.